The minimum atomic E-state index is -1.71. The Kier molecular flexibility index (Phi) is 6.70. The molecule has 1 aliphatic heterocycles. The molecule has 0 unspecified atom stereocenters. The summed E-state index contributed by atoms with van der Waals surface area (Å²) in [5.41, 5.74) is 2.16. The molecule has 152 valence electrons. The topological polar surface area (TPSA) is 53.9 Å². The minimum Gasteiger partial charge on any atom is -0.353 e. The molecule has 0 radical (unpaired) electrons. The lowest BCUT2D eigenvalue weighted by Crippen LogP contribution is -2.26. The van der Waals surface area contributed by atoms with Crippen LogP contribution < -0.4 is 5.32 Å². The molecular weight excluding hydrogens is 417 g/mol. The van der Waals surface area contributed by atoms with Gasteiger partial charge in [0.25, 0.3) is 0 Å². The number of aromatic nitrogens is 3. The number of rotatable bonds is 5. The van der Waals surface area contributed by atoms with E-state index in [0.29, 0.717) is 11.8 Å². The molecule has 2 aromatic rings. The van der Waals surface area contributed by atoms with Gasteiger partial charge in [-0.2, -0.15) is 9.97 Å². The van der Waals surface area contributed by atoms with Gasteiger partial charge in [-0.05, 0) is 36.9 Å². The van der Waals surface area contributed by atoms with E-state index in [4.69, 9.17) is 34.8 Å². The summed E-state index contributed by atoms with van der Waals surface area (Å²) in [5, 5.41) is 3.25. The van der Waals surface area contributed by atoms with Crippen LogP contribution in [0.25, 0.3) is 11.4 Å². The lowest BCUT2D eigenvalue weighted by atomic mass is 9.87. The van der Waals surface area contributed by atoms with Crippen molar-refractivity contribution in [2.45, 2.75) is 42.8 Å². The van der Waals surface area contributed by atoms with Gasteiger partial charge in [0.1, 0.15) is 0 Å². The van der Waals surface area contributed by atoms with Crippen molar-refractivity contribution in [3.8, 4) is 11.4 Å². The molecule has 2 heterocycles. The summed E-state index contributed by atoms with van der Waals surface area (Å²) in [4.78, 5) is 15.6. The molecule has 3 rings (SSSR count). The van der Waals surface area contributed by atoms with Crippen LogP contribution in [0.2, 0.25) is 0 Å². The molecule has 1 N–H and O–H groups in total. The van der Waals surface area contributed by atoms with Crippen LogP contribution in [0.15, 0.2) is 24.3 Å². The second kappa shape index (κ2) is 8.70. The lowest BCUT2D eigenvalue weighted by Gasteiger charge is -2.19. The van der Waals surface area contributed by atoms with E-state index >= 15 is 0 Å². The lowest BCUT2D eigenvalue weighted by molar-refractivity contribution is 0.352. The van der Waals surface area contributed by atoms with Crippen molar-refractivity contribution in [1.82, 2.24) is 19.9 Å². The van der Waals surface area contributed by atoms with Crippen LogP contribution in [-0.2, 0) is 9.21 Å². The zero-order valence-corrected chi connectivity index (χ0v) is 18.7. The van der Waals surface area contributed by atoms with Crippen molar-refractivity contribution >= 4 is 40.8 Å². The third-order valence-corrected chi connectivity index (χ3v) is 5.32. The number of hydrogen-bond acceptors (Lipinski definition) is 5. The summed E-state index contributed by atoms with van der Waals surface area (Å²) < 4.78 is -1.71. The fourth-order valence-electron chi connectivity index (χ4n) is 3.16. The number of nitrogens with one attached hydrogen (secondary N) is 1. The van der Waals surface area contributed by atoms with E-state index in [-0.39, 0.29) is 11.2 Å². The van der Waals surface area contributed by atoms with Gasteiger partial charge >= 0.3 is 0 Å². The standard InChI is InChI=1S/C20H26Cl3N5/c1-19(2,3)15-8-6-14(7-9-15)16-25-17(20(21,22)23)27-18(26-16)24-10-13-28-11-4-5-12-28/h6-9H,4-5,10-13H2,1-3H3,(H,24,25,26,27). The smallest absolute Gasteiger partial charge is 0.250 e. The first-order valence-corrected chi connectivity index (χ1v) is 10.7. The third kappa shape index (κ3) is 5.69. The summed E-state index contributed by atoms with van der Waals surface area (Å²) >= 11 is 18.2. The van der Waals surface area contributed by atoms with Gasteiger partial charge in [-0.25, -0.2) is 4.98 Å². The average molecular weight is 443 g/mol. The number of likely N-dealkylation sites (tertiary alicyclic amines) is 1. The van der Waals surface area contributed by atoms with Crippen molar-refractivity contribution in [2.75, 3.05) is 31.5 Å². The van der Waals surface area contributed by atoms with Gasteiger partial charge in [-0.15, -0.1) is 0 Å². The zero-order valence-electron chi connectivity index (χ0n) is 16.5. The second-order valence-electron chi connectivity index (χ2n) is 8.11. The molecule has 0 saturated carbocycles. The first-order chi connectivity index (χ1) is 13.1. The summed E-state index contributed by atoms with van der Waals surface area (Å²) in [5.74, 6) is 1.02. The van der Waals surface area contributed by atoms with Crippen molar-refractivity contribution in [3.63, 3.8) is 0 Å². The van der Waals surface area contributed by atoms with Gasteiger partial charge in [0.15, 0.2) is 11.6 Å². The maximum absolute atomic E-state index is 6.05. The summed E-state index contributed by atoms with van der Waals surface area (Å²) in [7, 11) is 0. The van der Waals surface area contributed by atoms with Crippen LogP contribution >= 0.6 is 34.8 Å². The van der Waals surface area contributed by atoms with E-state index in [1.165, 1.54) is 18.4 Å². The molecule has 1 aromatic heterocycles. The SMILES string of the molecule is CC(C)(C)c1ccc(-c2nc(NCCN3CCCC3)nc(C(Cl)(Cl)Cl)n2)cc1. The van der Waals surface area contributed by atoms with E-state index < -0.39 is 3.79 Å². The van der Waals surface area contributed by atoms with Gasteiger partial charge in [0.2, 0.25) is 9.74 Å². The quantitative estimate of drug-likeness (QED) is 0.647. The summed E-state index contributed by atoms with van der Waals surface area (Å²) in [6.07, 6.45) is 2.52. The Morgan fingerprint density at radius 3 is 2.18 bits per heavy atom. The van der Waals surface area contributed by atoms with Crippen LogP contribution in [0, 0.1) is 0 Å². The molecule has 0 amide bonds. The Labute approximate surface area is 181 Å². The highest BCUT2D eigenvalue weighted by Gasteiger charge is 2.28. The number of hydrogen-bond donors (Lipinski definition) is 1. The molecule has 5 nitrogen and oxygen atoms in total. The Hall–Kier alpha value is -1.14. The van der Waals surface area contributed by atoms with Gasteiger partial charge < -0.3 is 10.2 Å². The molecule has 28 heavy (non-hydrogen) atoms. The average Bonchev–Trinajstić information content (AvgIpc) is 3.13. The molecular formula is C20H26Cl3N5. The zero-order chi connectivity index (χ0) is 20.4. The number of anilines is 1. The molecule has 0 aliphatic carbocycles. The maximum atomic E-state index is 6.05. The van der Waals surface area contributed by atoms with Crippen molar-refractivity contribution < 1.29 is 0 Å². The fourth-order valence-corrected chi connectivity index (χ4v) is 3.42. The summed E-state index contributed by atoms with van der Waals surface area (Å²) in [6, 6.07) is 8.14. The Bertz CT molecular complexity index is 791. The van der Waals surface area contributed by atoms with Crippen LogP contribution in [0.4, 0.5) is 5.95 Å². The van der Waals surface area contributed by atoms with Crippen LogP contribution in [-0.4, -0.2) is 46.0 Å². The molecule has 0 bridgehead atoms. The van der Waals surface area contributed by atoms with E-state index in [1.807, 2.05) is 12.1 Å². The highest BCUT2D eigenvalue weighted by Crippen LogP contribution is 2.37. The molecule has 0 atom stereocenters. The number of halogens is 3. The monoisotopic (exact) mass is 441 g/mol. The van der Waals surface area contributed by atoms with Gasteiger partial charge in [0.05, 0.1) is 0 Å². The second-order valence-corrected chi connectivity index (χ2v) is 10.4. The van der Waals surface area contributed by atoms with Gasteiger partial charge in [-0.3, -0.25) is 0 Å². The molecule has 0 spiro atoms. The Balaban J connectivity index is 1.83. The van der Waals surface area contributed by atoms with Crippen LogP contribution in [0.5, 0.6) is 0 Å². The number of nitrogens with zero attached hydrogens (tertiary/aromatic N) is 4. The highest BCUT2D eigenvalue weighted by atomic mass is 35.6. The van der Waals surface area contributed by atoms with Crippen LogP contribution in [0.1, 0.15) is 45.0 Å². The van der Waals surface area contributed by atoms with Crippen molar-refractivity contribution in [3.05, 3.63) is 35.7 Å². The van der Waals surface area contributed by atoms with E-state index in [1.54, 1.807) is 0 Å². The highest BCUT2D eigenvalue weighted by molar-refractivity contribution is 6.66. The van der Waals surface area contributed by atoms with Crippen LogP contribution in [0.3, 0.4) is 0 Å². The Morgan fingerprint density at radius 2 is 1.61 bits per heavy atom. The molecule has 1 aromatic carbocycles. The molecule has 1 fully saturated rings. The first kappa shape index (κ1) is 21.6. The van der Waals surface area contributed by atoms with E-state index in [9.17, 15) is 0 Å². The number of benzene rings is 1. The molecule has 8 heteroatoms. The largest absolute Gasteiger partial charge is 0.353 e. The van der Waals surface area contributed by atoms with Crippen molar-refractivity contribution in [1.29, 1.82) is 0 Å². The maximum Gasteiger partial charge on any atom is 0.250 e. The van der Waals surface area contributed by atoms with Crippen molar-refractivity contribution in [2.24, 2.45) is 0 Å². The summed E-state index contributed by atoms with van der Waals surface area (Å²) in [6.45, 7) is 10.5. The predicted octanol–water partition coefficient (Wildman–Crippen LogP) is 5.17. The van der Waals surface area contributed by atoms with E-state index in [0.717, 1.165) is 31.7 Å². The predicted molar refractivity (Wildman–Crippen MR) is 117 cm³/mol. The third-order valence-electron chi connectivity index (χ3n) is 4.81. The molecule has 1 saturated heterocycles. The van der Waals surface area contributed by atoms with Gasteiger partial charge in [-0.1, -0.05) is 79.8 Å². The van der Waals surface area contributed by atoms with E-state index in [2.05, 4.69) is 58.1 Å². The molecule has 1 aliphatic rings. The minimum absolute atomic E-state index is 0.0721. The number of alkyl halides is 3. The fraction of sp³-hybridized carbons (Fsp3) is 0.550. The Morgan fingerprint density at radius 1 is 0.964 bits per heavy atom. The normalized spacial score (nSPS) is 15.8. The van der Waals surface area contributed by atoms with Gasteiger partial charge in [0, 0.05) is 18.7 Å². The first-order valence-electron chi connectivity index (χ1n) is 9.53.